The van der Waals surface area contributed by atoms with Crippen molar-refractivity contribution in [3.63, 3.8) is 0 Å². The van der Waals surface area contributed by atoms with E-state index in [2.05, 4.69) is 4.98 Å². The highest BCUT2D eigenvalue weighted by Crippen LogP contribution is 2.39. The lowest BCUT2D eigenvalue weighted by Gasteiger charge is -2.19. The van der Waals surface area contributed by atoms with Crippen LogP contribution in [0, 0.1) is 0 Å². The zero-order chi connectivity index (χ0) is 14.1. The monoisotopic (exact) mass is 330 g/mol. The van der Waals surface area contributed by atoms with Crippen LogP contribution in [0.5, 0.6) is 5.19 Å². The van der Waals surface area contributed by atoms with Gasteiger partial charge in [0.1, 0.15) is 0 Å². The third-order valence-electron chi connectivity index (χ3n) is 1.94. The summed E-state index contributed by atoms with van der Waals surface area (Å²) in [5.74, 6) is 0. The quantitative estimate of drug-likeness (QED) is 0.838. The Morgan fingerprint density at radius 1 is 1.39 bits per heavy atom. The Labute approximate surface area is 124 Å². The number of nitrogens with two attached hydrogens (primary N) is 1. The first kappa shape index (κ1) is 15.8. The van der Waals surface area contributed by atoms with Gasteiger partial charge in [-0.25, -0.2) is 9.78 Å². The Bertz CT molecular complexity index is 449. The van der Waals surface area contributed by atoms with Gasteiger partial charge in [-0.3, -0.25) is 0 Å². The summed E-state index contributed by atoms with van der Waals surface area (Å²) in [4.78, 5) is 15.7. The second kappa shape index (κ2) is 5.41. The molecule has 18 heavy (non-hydrogen) atoms. The lowest BCUT2D eigenvalue weighted by atomic mass is 9.91. The molecular formula is C10H13Cl3N2O2S. The van der Waals surface area contributed by atoms with Gasteiger partial charge >= 0.3 is 6.09 Å². The van der Waals surface area contributed by atoms with E-state index < -0.39 is 9.89 Å². The molecule has 0 atom stereocenters. The van der Waals surface area contributed by atoms with Gasteiger partial charge in [0, 0.05) is 16.7 Å². The van der Waals surface area contributed by atoms with Crippen molar-refractivity contribution in [2.75, 3.05) is 0 Å². The molecule has 0 aromatic carbocycles. The van der Waals surface area contributed by atoms with Gasteiger partial charge in [-0.05, 0) is 0 Å². The first-order valence-electron chi connectivity index (χ1n) is 5.03. The van der Waals surface area contributed by atoms with Crippen LogP contribution >= 0.6 is 46.1 Å². The molecular weight excluding hydrogens is 319 g/mol. The number of carbonyl (C=O) groups is 1. The van der Waals surface area contributed by atoms with Gasteiger partial charge in [0.15, 0.2) is 3.79 Å². The average Bonchev–Trinajstić information content (AvgIpc) is 2.41. The summed E-state index contributed by atoms with van der Waals surface area (Å²) in [7, 11) is 0. The third-order valence-corrected chi connectivity index (χ3v) is 3.27. The van der Waals surface area contributed by atoms with Crippen LogP contribution in [-0.2, 0) is 11.8 Å². The van der Waals surface area contributed by atoms with Gasteiger partial charge in [-0.1, -0.05) is 66.9 Å². The lowest BCUT2D eigenvalue weighted by molar-refractivity contribution is 0.210. The molecule has 0 spiro atoms. The van der Waals surface area contributed by atoms with Crippen LogP contribution in [0.25, 0.3) is 0 Å². The Morgan fingerprint density at radius 2 is 1.94 bits per heavy atom. The van der Waals surface area contributed by atoms with Gasteiger partial charge < -0.3 is 10.5 Å². The maximum atomic E-state index is 10.7. The molecule has 8 heteroatoms. The summed E-state index contributed by atoms with van der Waals surface area (Å²) < 4.78 is 3.34. The van der Waals surface area contributed by atoms with E-state index in [1.807, 2.05) is 20.8 Å². The van der Waals surface area contributed by atoms with E-state index in [1.165, 1.54) is 0 Å². The number of nitrogens with zero attached hydrogens (tertiary/aromatic N) is 1. The largest absolute Gasteiger partial charge is 0.411 e. The fraction of sp³-hybridized carbons (Fsp3) is 0.600. The van der Waals surface area contributed by atoms with Crippen LogP contribution in [-0.4, -0.2) is 14.9 Å². The highest BCUT2D eigenvalue weighted by Gasteiger charge is 2.30. The summed E-state index contributed by atoms with van der Waals surface area (Å²) in [5, 5.41) is 0.164. The predicted molar refractivity (Wildman–Crippen MR) is 75.0 cm³/mol. The Morgan fingerprint density at radius 3 is 2.33 bits per heavy atom. The van der Waals surface area contributed by atoms with E-state index in [-0.39, 0.29) is 17.0 Å². The molecule has 1 rings (SSSR count). The van der Waals surface area contributed by atoms with E-state index in [1.54, 1.807) is 0 Å². The minimum absolute atomic E-state index is 0.164. The van der Waals surface area contributed by atoms with Gasteiger partial charge in [0.05, 0.1) is 5.69 Å². The number of thiazole rings is 1. The van der Waals surface area contributed by atoms with Crippen LogP contribution in [0.15, 0.2) is 0 Å². The molecule has 0 fully saturated rings. The van der Waals surface area contributed by atoms with Gasteiger partial charge in [-0.15, -0.1) is 0 Å². The molecule has 0 aliphatic heterocycles. The summed E-state index contributed by atoms with van der Waals surface area (Å²) >= 11 is 18.5. The molecule has 0 bridgehead atoms. The Kier molecular flexibility index (Phi) is 4.76. The van der Waals surface area contributed by atoms with E-state index in [9.17, 15) is 4.79 Å². The average molecular weight is 332 g/mol. The molecule has 0 unspecified atom stereocenters. The van der Waals surface area contributed by atoms with Crippen molar-refractivity contribution in [2.45, 2.75) is 36.4 Å². The van der Waals surface area contributed by atoms with Crippen molar-refractivity contribution < 1.29 is 9.53 Å². The summed E-state index contributed by atoms with van der Waals surface area (Å²) in [5.41, 5.74) is 5.43. The van der Waals surface area contributed by atoms with E-state index >= 15 is 0 Å². The highest BCUT2D eigenvalue weighted by atomic mass is 35.6. The number of rotatable bonds is 2. The fourth-order valence-corrected chi connectivity index (χ4v) is 3.20. The molecule has 1 amide bonds. The first-order chi connectivity index (χ1) is 7.99. The van der Waals surface area contributed by atoms with E-state index in [0.717, 1.165) is 21.9 Å². The predicted octanol–water partition coefficient (Wildman–Crippen LogP) is 3.81. The van der Waals surface area contributed by atoms with Crippen molar-refractivity contribution in [3.8, 4) is 5.19 Å². The van der Waals surface area contributed by atoms with E-state index in [4.69, 9.17) is 45.3 Å². The number of primary amides is 1. The summed E-state index contributed by atoms with van der Waals surface area (Å²) in [6, 6.07) is 0. The second-order valence-corrected chi connectivity index (χ2v) is 8.28. The minimum Gasteiger partial charge on any atom is -0.381 e. The number of aromatic nitrogens is 1. The van der Waals surface area contributed by atoms with Crippen molar-refractivity contribution in [1.82, 2.24) is 4.98 Å². The highest BCUT2D eigenvalue weighted by molar-refractivity contribution is 7.13. The van der Waals surface area contributed by atoms with Crippen LogP contribution < -0.4 is 10.5 Å². The van der Waals surface area contributed by atoms with Crippen molar-refractivity contribution in [2.24, 2.45) is 5.73 Å². The summed E-state index contributed by atoms with van der Waals surface area (Å²) in [6.07, 6.45) is -0.714. The normalized spacial score (nSPS) is 12.6. The van der Waals surface area contributed by atoms with Crippen molar-refractivity contribution in [1.29, 1.82) is 0 Å². The maximum Gasteiger partial charge on any atom is 0.411 e. The SMILES string of the molecule is CC(C)(C)c1nc(OC(N)=O)sc1CC(Cl)(Cl)Cl. The standard InChI is InChI=1S/C10H13Cl3N2O2S/c1-9(2,3)6-5(4-10(11,12)13)18-8(15-6)17-7(14)16/h4H2,1-3H3,(H2,14,16). The Balaban J connectivity index is 3.13. The number of carbonyl (C=O) groups excluding carboxylic acids is 1. The minimum atomic E-state index is -1.42. The molecule has 0 saturated heterocycles. The zero-order valence-electron chi connectivity index (χ0n) is 10.1. The fourth-order valence-electron chi connectivity index (χ4n) is 1.35. The topological polar surface area (TPSA) is 65.2 Å². The molecule has 102 valence electrons. The van der Waals surface area contributed by atoms with E-state index in [0.29, 0.717) is 0 Å². The number of hydrogen-bond donors (Lipinski definition) is 1. The molecule has 0 radical (unpaired) electrons. The first-order valence-corrected chi connectivity index (χ1v) is 6.98. The van der Waals surface area contributed by atoms with Gasteiger partial charge in [0.2, 0.25) is 0 Å². The molecule has 4 nitrogen and oxygen atoms in total. The number of halogens is 3. The number of amides is 1. The van der Waals surface area contributed by atoms with Gasteiger partial charge in [0.25, 0.3) is 5.19 Å². The summed E-state index contributed by atoms with van der Waals surface area (Å²) in [6.45, 7) is 5.91. The van der Waals surface area contributed by atoms with Crippen molar-refractivity contribution in [3.05, 3.63) is 10.6 Å². The molecule has 0 saturated carbocycles. The third kappa shape index (κ3) is 4.80. The van der Waals surface area contributed by atoms with Crippen LogP contribution in [0.3, 0.4) is 0 Å². The van der Waals surface area contributed by atoms with Crippen LogP contribution in [0.4, 0.5) is 4.79 Å². The lowest BCUT2D eigenvalue weighted by Crippen LogP contribution is -2.18. The second-order valence-electron chi connectivity index (χ2n) is 4.71. The number of hydrogen-bond acceptors (Lipinski definition) is 4. The van der Waals surface area contributed by atoms with Crippen molar-refractivity contribution >= 4 is 52.2 Å². The molecule has 0 aliphatic carbocycles. The number of alkyl halides is 3. The zero-order valence-corrected chi connectivity index (χ0v) is 13.2. The van der Waals surface area contributed by atoms with Crippen LogP contribution in [0.1, 0.15) is 31.3 Å². The smallest absolute Gasteiger partial charge is 0.381 e. The molecule has 1 aromatic heterocycles. The Hall–Kier alpha value is -0.230. The van der Waals surface area contributed by atoms with Gasteiger partial charge in [-0.2, -0.15) is 0 Å². The molecule has 0 aliphatic rings. The molecule has 1 aromatic rings. The molecule has 1 heterocycles. The maximum absolute atomic E-state index is 10.7. The molecule has 2 N–H and O–H groups in total. The number of ether oxygens (including phenoxy) is 1. The van der Waals surface area contributed by atoms with Crippen LogP contribution in [0.2, 0.25) is 0 Å².